The van der Waals surface area contributed by atoms with Crippen LogP contribution in [-0.4, -0.2) is 44.2 Å². The molecule has 10 heteroatoms. The number of aliphatic hydroxyl groups excluding tert-OH is 1. The van der Waals surface area contributed by atoms with Gasteiger partial charge in [-0.05, 0) is 54.1 Å². The van der Waals surface area contributed by atoms with E-state index in [1.165, 1.54) is 0 Å². The minimum absolute atomic E-state index is 0.0164. The predicted octanol–water partition coefficient (Wildman–Crippen LogP) is 5.54. The first-order valence-electron chi connectivity index (χ1n) is 13.4. The Balaban J connectivity index is 1.27. The van der Waals surface area contributed by atoms with E-state index < -0.39 is 6.35 Å². The summed E-state index contributed by atoms with van der Waals surface area (Å²) in [6.45, 7) is 0.0164. The number of aromatic nitrogens is 4. The number of H-pyrrole nitrogens is 1. The fraction of sp³-hybridized carbons (Fsp3) is 0.0938. The van der Waals surface area contributed by atoms with Crippen molar-refractivity contribution in [2.75, 3.05) is 23.1 Å². The average molecular weight is 560 g/mol. The maximum Gasteiger partial charge on any atom is 0.246 e. The zero-order valence-electron chi connectivity index (χ0n) is 22.8. The smallest absolute Gasteiger partial charge is 0.246 e. The number of pyridine rings is 1. The molecule has 1 unspecified atom stereocenters. The standard InChI is InChI=1S/C32H29N7O3/c1-42-25-9-5-8-24(18-25)35-29(40)20-39-19-28(26-14-16-33-31-27(26)15-17-34-31)30(38-39)21-10-12-23(13-11-21)37-32(41)36-22-6-3-2-4-7-22/h2-19,32,36-37,41H,20H2,1H3,(H,33,34)(H,35,40). The number of hydrogen-bond acceptors (Lipinski definition) is 7. The molecule has 0 bridgehead atoms. The molecule has 0 radical (unpaired) electrons. The Morgan fingerprint density at radius 2 is 1.69 bits per heavy atom. The van der Waals surface area contributed by atoms with Gasteiger partial charge in [0.15, 0.2) is 0 Å². The highest BCUT2D eigenvalue weighted by Gasteiger charge is 2.18. The molecule has 1 atom stereocenters. The first kappa shape index (κ1) is 26.6. The van der Waals surface area contributed by atoms with Crippen molar-refractivity contribution < 1.29 is 14.6 Å². The third kappa shape index (κ3) is 5.93. The number of benzene rings is 3. The summed E-state index contributed by atoms with van der Waals surface area (Å²) in [4.78, 5) is 20.5. The van der Waals surface area contributed by atoms with Crippen LogP contribution in [0.4, 0.5) is 17.1 Å². The van der Waals surface area contributed by atoms with Crippen molar-refractivity contribution in [1.82, 2.24) is 19.7 Å². The summed E-state index contributed by atoms with van der Waals surface area (Å²) in [7, 11) is 1.58. The molecule has 0 aliphatic heterocycles. The summed E-state index contributed by atoms with van der Waals surface area (Å²) >= 11 is 0. The number of amides is 1. The largest absolute Gasteiger partial charge is 0.497 e. The third-order valence-electron chi connectivity index (χ3n) is 6.71. The van der Waals surface area contributed by atoms with Gasteiger partial charge in [-0.1, -0.05) is 36.4 Å². The summed E-state index contributed by atoms with van der Waals surface area (Å²) in [5, 5.41) is 25.2. The second-order valence-corrected chi connectivity index (χ2v) is 9.60. The van der Waals surface area contributed by atoms with Gasteiger partial charge >= 0.3 is 0 Å². The number of nitrogens with one attached hydrogen (secondary N) is 4. The highest BCUT2D eigenvalue weighted by molar-refractivity contribution is 5.97. The number of aliphatic hydroxyl groups is 1. The van der Waals surface area contributed by atoms with Gasteiger partial charge in [-0.15, -0.1) is 0 Å². The van der Waals surface area contributed by atoms with Crippen molar-refractivity contribution in [3.8, 4) is 28.1 Å². The van der Waals surface area contributed by atoms with Crippen LogP contribution in [0.2, 0.25) is 0 Å². The summed E-state index contributed by atoms with van der Waals surface area (Å²) in [5.41, 5.74) is 6.31. The number of para-hydroxylation sites is 1. The predicted molar refractivity (Wildman–Crippen MR) is 164 cm³/mol. The van der Waals surface area contributed by atoms with E-state index in [0.29, 0.717) is 17.1 Å². The molecule has 10 nitrogen and oxygen atoms in total. The number of carbonyl (C=O) groups is 1. The van der Waals surface area contributed by atoms with Crippen molar-refractivity contribution in [2.45, 2.75) is 12.9 Å². The van der Waals surface area contributed by atoms with Gasteiger partial charge in [0.2, 0.25) is 12.3 Å². The molecule has 6 rings (SSSR count). The Labute approximate surface area is 242 Å². The van der Waals surface area contributed by atoms with Gasteiger partial charge in [0.25, 0.3) is 0 Å². The molecule has 6 aromatic rings. The van der Waals surface area contributed by atoms with E-state index in [9.17, 15) is 9.90 Å². The van der Waals surface area contributed by atoms with Crippen molar-refractivity contribution >= 4 is 34.0 Å². The molecule has 3 heterocycles. The Morgan fingerprint density at radius 1 is 0.929 bits per heavy atom. The molecule has 1 amide bonds. The normalized spacial score (nSPS) is 11.7. The lowest BCUT2D eigenvalue weighted by molar-refractivity contribution is -0.116. The maximum atomic E-state index is 13.0. The molecule has 0 saturated carbocycles. The molecule has 42 heavy (non-hydrogen) atoms. The molecule has 0 aliphatic rings. The van der Waals surface area contributed by atoms with Gasteiger partial charge < -0.3 is 30.8 Å². The fourth-order valence-electron chi connectivity index (χ4n) is 4.77. The zero-order chi connectivity index (χ0) is 28.9. The van der Waals surface area contributed by atoms with Gasteiger partial charge in [-0.25, -0.2) is 4.98 Å². The van der Waals surface area contributed by atoms with Crippen molar-refractivity contribution in [1.29, 1.82) is 0 Å². The molecule has 5 N–H and O–H groups in total. The summed E-state index contributed by atoms with van der Waals surface area (Å²) in [5.74, 6) is 0.441. The van der Waals surface area contributed by atoms with E-state index in [1.807, 2.05) is 97.3 Å². The molecule has 0 spiro atoms. The number of fused-ring (bicyclic) bond motifs is 1. The quantitative estimate of drug-likeness (QED) is 0.139. The van der Waals surface area contributed by atoms with Crippen LogP contribution >= 0.6 is 0 Å². The van der Waals surface area contributed by atoms with Crippen molar-refractivity contribution in [3.05, 3.63) is 110 Å². The Hall–Kier alpha value is -5.61. The number of rotatable bonds is 10. The molecular weight excluding hydrogens is 530 g/mol. The number of ether oxygens (including phenoxy) is 1. The van der Waals surface area contributed by atoms with Crippen LogP contribution in [0.1, 0.15) is 0 Å². The van der Waals surface area contributed by atoms with Gasteiger partial charge in [-0.2, -0.15) is 5.10 Å². The van der Waals surface area contributed by atoms with E-state index in [0.717, 1.165) is 39.1 Å². The van der Waals surface area contributed by atoms with Crippen LogP contribution in [0.5, 0.6) is 5.75 Å². The van der Waals surface area contributed by atoms with Crippen LogP contribution in [0.3, 0.4) is 0 Å². The monoisotopic (exact) mass is 559 g/mol. The van der Waals surface area contributed by atoms with Gasteiger partial charge in [0.1, 0.15) is 23.6 Å². The van der Waals surface area contributed by atoms with Crippen LogP contribution in [-0.2, 0) is 11.3 Å². The van der Waals surface area contributed by atoms with E-state index in [1.54, 1.807) is 24.1 Å². The first-order chi connectivity index (χ1) is 20.6. The summed E-state index contributed by atoms with van der Waals surface area (Å²) in [6, 6.07) is 28.2. The van der Waals surface area contributed by atoms with Gasteiger partial charge in [-0.3, -0.25) is 9.48 Å². The molecule has 0 fully saturated rings. The van der Waals surface area contributed by atoms with Crippen LogP contribution in [0.15, 0.2) is 110 Å². The lowest BCUT2D eigenvalue weighted by Crippen LogP contribution is -2.27. The van der Waals surface area contributed by atoms with Gasteiger partial charge in [0.05, 0.1) is 7.11 Å². The lowest BCUT2D eigenvalue weighted by atomic mass is 10.0. The zero-order valence-corrected chi connectivity index (χ0v) is 22.8. The molecular formula is C32H29N7O3. The molecule has 3 aromatic carbocycles. The second-order valence-electron chi connectivity index (χ2n) is 9.60. The molecule has 210 valence electrons. The van der Waals surface area contributed by atoms with Crippen LogP contribution in [0, 0.1) is 0 Å². The Kier molecular flexibility index (Phi) is 7.52. The average Bonchev–Trinajstić information content (AvgIpc) is 3.65. The van der Waals surface area contributed by atoms with Crippen molar-refractivity contribution in [2.24, 2.45) is 0 Å². The number of methoxy groups -OCH3 is 1. The molecule has 0 aliphatic carbocycles. The number of carbonyl (C=O) groups excluding carboxylic acids is 1. The minimum atomic E-state index is -0.977. The number of aromatic amines is 1. The SMILES string of the molecule is COc1cccc(NC(=O)Cn2cc(-c3ccnc4[nH]ccc34)c(-c3ccc(NC(O)Nc4ccccc4)cc3)n2)c1. The van der Waals surface area contributed by atoms with Crippen molar-refractivity contribution in [3.63, 3.8) is 0 Å². The topological polar surface area (TPSA) is 129 Å². The number of nitrogens with zero attached hydrogens (tertiary/aromatic N) is 3. The molecule has 3 aromatic heterocycles. The highest BCUT2D eigenvalue weighted by Crippen LogP contribution is 2.35. The van der Waals surface area contributed by atoms with E-state index in [-0.39, 0.29) is 12.5 Å². The number of hydrogen-bond donors (Lipinski definition) is 5. The van der Waals surface area contributed by atoms with E-state index >= 15 is 0 Å². The fourth-order valence-corrected chi connectivity index (χ4v) is 4.77. The second kappa shape index (κ2) is 11.9. The highest BCUT2D eigenvalue weighted by atomic mass is 16.5. The first-order valence-corrected chi connectivity index (χ1v) is 13.4. The number of anilines is 3. The summed E-state index contributed by atoms with van der Waals surface area (Å²) in [6.07, 6.45) is 4.50. The maximum absolute atomic E-state index is 13.0. The lowest BCUT2D eigenvalue weighted by Gasteiger charge is -2.17. The van der Waals surface area contributed by atoms with Crippen LogP contribution < -0.4 is 20.7 Å². The van der Waals surface area contributed by atoms with Gasteiger partial charge in [0, 0.05) is 58.2 Å². The minimum Gasteiger partial charge on any atom is -0.497 e. The Morgan fingerprint density at radius 3 is 2.48 bits per heavy atom. The Bertz CT molecular complexity index is 1810. The van der Waals surface area contributed by atoms with E-state index in [4.69, 9.17) is 9.84 Å². The molecule has 0 saturated heterocycles. The third-order valence-corrected chi connectivity index (χ3v) is 6.71. The van der Waals surface area contributed by atoms with Crippen LogP contribution in [0.25, 0.3) is 33.4 Å². The summed E-state index contributed by atoms with van der Waals surface area (Å²) < 4.78 is 6.90. The van der Waals surface area contributed by atoms with E-state index in [2.05, 4.69) is 25.9 Å².